The third kappa shape index (κ3) is 6.43. The summed E-state index contributed by atoms with van der Waals surface area (Å²) in [5.74, 6) is -9.79. The Bertz CT molecular complexity index is 1380. The van der Waals surface area contributed by atoms with Crippen molar-refractivity contribution in [2.24, 2.45) is 0 Å². The number of halogens is 8. The average molecular weight is 567 g/mol. The molecule has 2 N–H and O–H groups in total. The second-order valence-corrected chi connectivity index (χ2v) is 9.65. The zero-order chi connectivity index (χ0) is 29.5. The Balaban J connectivity index is 1.92. The van der Waals surface area contributed by atoms with Crippen LogP contribution in [-0.2, 0) is 6.61 Å². The molecule has 0 spiro atoms. The molecular weight excluding hydrogens is 542 g/mol. The number of aliphatic hydroxyl groups is 1. The first kappa shape index (κ1) is 30.1. The monoisotopic (exact) mass is 567 g/mol. The van der Waals surface area contributed by atoms with Gasteiger partial charge in [0.2, 0.25) is 0 Å². The lowest BCUT2D eigenvalue weighted by Gasteiger charge is -2.31. The van der Waals surface area contributed by atoms with E-state index in [-0.39, 0.29) is 22.8 Å². The van der Waals surface area contributed by atoms with Crippen LogP contribution in [0.25, 0.3) is 5.65 Å². The van der Waals surface area contributed by atoms with Gasteiger partial charge in [-0.3, -0.25) is 9.20 Å². The highest BCUT2D eigenvalue weighted by molar-refractivity contribution is 5.95. The number of nitrogens with zero attached hydrogens (tertiary/aromatic N) is 2. The zero-order valence-corrected chi connectivity index (χ0v) is 21.2. The van der Waals surface area contributed by atoms with Crippen LogP contribution in [0.2, 0.25) is 0 Å². The summed E-state index contributed by atoms with van der Waals surface area (Å²) in [6.07, 6.45) is -6.94. The quantitative estimate of drug-likeness (QED) is 0.254. The largest absolute Gasteiger partial charge is 0.485 e. The third-order valence-corrected chi connectivity index (χ3v) is 6.04. The van der Waals surface area contributed by atoms with E-state index in [1.165, 1.54) is 23.6 Å². The van der Waals surface area contributed by atoms with Crippen LogP contribution in [0.15, 0.2) is 24.4 Å². The minimum Gasteiger partial charge on any atom is -0.485 e. The van der Waals surface area contributed by atoms with Gasteiger partial charge in [-0.15, -0.1) is 0 Å². The van der Waals surface area contributed by atoms with Gasteiger partial charge in [0.05, 0.1) is 22.9 Å². The minimum atomic E-state index is -5.80. The number of fused-ring (bicyclic) bond motifs is 1. The van der Waals surface area contributed by atoms with Crippen LogP contribution in [0.1, 0.15) is 54.0 Å². The van der Waals surface area contributed by atoms with Gasteiger partial charge in [-0.2, -0.15) is 22.0 Å². The van der Waals surface area contributed by atoms with Gasteiger partial charge in [0.25, 0.3) is 5.91 Å². The number of aromatic nitrogens is 2. The van der Waals surface area contributed by atoms with Crippen molar-refractivity contribution in [3.8, 4) is 5.75 Å². The molecule has 1 unspecified atom stereocenters. The topological polar surface area (TPSA) is 75.9 Å². The molecular formula is C25H25F8N3O3. The molecule has 0 bridgehead atoms. The number of pyridine rings is 1. The number of hydrogen-bond donors (Lipinski definition) is 2. The maximum Gasteiger partial charge on any atom is 0.453 e. The fraction of sp³-hybridized carbons (Fsp3) is 0.440. The van der Waals surface area contributed by atoms with Gasteiger partial charge in [0.15, 0.2) is 23.0 Å². The second-order valence-electron chi connectivity index (χ2n) is 9.65. The van der Waals surface area contributed by atoms with Crippen molar-refractivity contribution >= 4 is 11.6 Å². The molecule has 0 aliphatic carbocycles. The number of aryl methyl sites for hydroxylation is 2. The van der Waals surface area contributed by atoms with Crippen LogP contribution in [0.4, 0.5) is 35.1 Å². The average Bonchev–Trinajstić information content (AvgIpc) is 3.13. The number of rotatable bonds is 9. The lowest BCUT2D eigenvalue weighted by Crippen LogP contribution is -2.51. The van der Waals surface area contributed by atoms with E-state index in [0.717, 1.165) is 19.9 Å². The van der Waals surface area contributed by atoms with Crippen LogP contribution >= 0.6 is 0 Å². The minimum absolute atomic E-state index is 0.00360. The van der Waals surface area contributed by atoms with Crippen LogP contribution < -0.4 is 10.1 Å². The van der Waals surface area contributed by atoms with E-state index in [1.54, 1.807) is 6.92 Å². The second kappa shape index (κ2) is 10.6. The smallest absolute Gasteiger partial charge is 0.453 e. The zero-order valence-electron chi connectivity index (χ0n) is 21.2. The maximum atomic E-state index is 14.1. The van der Waals surface area contributed by atoms with E-state index in [9.17, 15) is 45.0 Å². The summed E-state index contributed by atoms with van der Waals surface area (Å²) in [7, 11) is 0. The molecule has 0 radical (unpaired) electrons. The molecule has 1 aromatic carbocycles. The molecule has 0 aliphatic heterocycles. The number of nitrogens with one attached hydrogen (secondary N) is 1. The van der Waals surface area contributed by atoms with Crippen molar-refractivity contribution in [2.75, 3.05) is 0 Å². The summed E-state index contributed by atoms with van der Waals surface area (Å²) < 4.78 is 113. The summed E-state index contributed by atoms with van der Waals surface area (Å²) in [6, 6.07) is 1.28. The Morgan fingerprint density at radius 1 is 1.10 bits per heavy atom. The summed E-state index contributed by atoms with van der Waals surface area (Å²) in [5.41, 5.74) is -2.15. The number of alkyl halides is 5. The number of ether oxygens (including phenoxy) is 1. The van der Waals surface area contributed by atoms with Crippen LogP contribution in [-0.4, -0.2) is 44.1 Å². The molecule has 0 saturated heterocycles. The number of carbonyl (C=O) groups excluding carboxylic acids is 1. The molecule has 39 heavy (non-hydrogen) atoms. The Morgan fingerprint density at radius 3 is 2.31 bits per heavy atom. The summed E-state index contributed by atoms with van der Waals surface area (Å²) in [6.45, 7) is 4.56. The SMILES string of the molecule is Cc1cc(OCc2c(F)ccc(F)c2F)c2nc(C)c(C(=O)NC(CCC(F)(F)C(F)(F)F)C(C)(C)O)n2c1. The van der Waals surface area contributed by atoms with Gasteiger partial charge in [-0.05, 0) is 57.9 Å². The van der Waals surface area contributed by atoms with Crippen molar-refractivity contribution in [2.45, 2.75) is 70.9 Å². The number of imidazole rings is 1. The van der Waals surface area contributed by atoms with Crippen molar-refractivity contribution in [1.29, 1.82) is 0 Å². The summed E-state index contributed by atoms with van der Waals surface area (Å²) in [4.78, 5) is 17.4. The molecule has 6 nitrogen and oxygen atoms in total. The first-order valence-electron chi connectivity index (χ1n) is 11.6. The fourth-order valence-electron chi connectivity index (χ4n) is 3.88. The van der Waals surface area contributed by atoms with Crippen molar-refractivity contribution < 1.29 is 49.8 Å². The third-order valence-electron chi connectivity index (χ3n) is 6.04. The van der Waals surface area contributed by atoms with Crippen molar-refractivity contribution in [1.82, 2.24) is 14.7 Å². The van der Waals surface area contributed by atoms with Crippen molar-refractivity contribution in [3.63, 3.8) is 0 Å². The van der Waals surface area contributed by atoms with Crippen molar-refractivity contribution in [3.05, 3.63) is 64.4 Å². The molecule has 214 valence electrons. The van der Waals surface area contributed by atoms with E-state index in [2.05, 4.69) is 10.3 Å². The van der Waals surface area contributed by atoms with E-state index in [0.29, 0.717) is 11.6 Å². The molecule has 2 heterocycles. The molecule has 3 rings (SSSR count). The summed E-state index contributed by atoms with van der Waals surface area (Å²) >= 11 is 0. The maximum absolute atomic E-state index is 14.1. The first-order valence-corrected chi connectivity index (χ1v) is 11.6. The lowest BCUT2D eigenvalue weighted by molar-refractivity contribution is -0.285. The predicted octanol–water partition coefficient (Wildman–Crippen LogP) is 5.79. The molecule has 0 aliphatic rings. The molecule has 1 atom stereocenters. The lowest BCUT2D eigenvalue weighted by atomic mass is 9.92. The number of amides is 1. The molecule has 0 fully saturated rings. The standard InChI is InChI=1S/C25H25F8N3O3/c1-12-9-17(39-11-14-15(26)5-6-16(27)19(14)28)21-34-13(2)20(36(21)10-12)22(37)35-18(23(3,4)38)7-8-24(29,30)25(31,32)33/h5-6,9-10,18,38H,7-8,11H2,1-4H3,(H,35,37). The Labute approximate surface area is 217 Å². The number of benzene rings is 1. The predicted molar refractivity (Wildman–Crippen MR) is 123 cm³/mol. The first-order chi connectivity index (χ1) is 17.8. The Hall–Kier alpha value is -3.42. The fourth-order valence-corrected chi connectivity index (χ4v) is 3.88. The molecule has 2 aromatic heterocycles. The highest BCUT2D eigenvalue weighted by atomic mass is 19.4. The van der Waals surface area contributed by atoms with Gasteiger partial charge in [0, 0.05) is 12.6 Å². The van der Waals surface area contributed by atoms with E-state index < -0.39 is 72.1 Å². The Kier molecular flexibility index (Phi) is 8.21. The van der Waals surface area contributed by atoms with Gasteiger partial charge in [-0.1, -0.05) is 0 Å². The van der Waals surface area contributed by atoms with Crippen LogP contribution in [0.5, 0.6) is 5.75 Å². The number of hydrogen-bond acceptors (Lipinski definition) is 4. The molecule has 14 heteroatoms. The molecule has 1 amide bonds. The van der Waals surface area contributed by atoms with Gasteiger partial charge in [-0.25, -0.2) is 18.2 Å². The van der Waals surface area contributed by atoms with Gasteiger partial charge < -0.3 is 15.2 Å². The molecule has 0 saturated carbocycles. The normalized spacial score (nSPS) is 13.6. The van der Waals surface area contributed by atoms with Gasteiger partial charge >= 0.3 is 12.1 Å². The van der Waals surface area contributed by atoms with E-state index in [4.69, 9.17) is 4.74 Å². The van der Waals surface area contributed by atoms with Crippen LogP contribution in [0, 0.1) is 31.3 Å². The number of carbonyl (C=O) groups is 1. The summed E-state index contributed by atoms with van der Waals surface area (Å²) in [5, 5.41) is 12.7. The van der Waals surface area contributed by atoms with E-state index >= 15 is 0 Å². The highest BCUT2D eigenvalue weighted by Crippen LogP contribution is 2.39. The highest BCUT2D eigenvalue weighted by Gasteiger charge is 2.57. The van der Waals surface area contributed by atoms with Gasteiger partial charge in [0.1, 0.15) is 18.1 Å². The Morgan fingerprint density at radius 2 is 1.72 bits per heavy atom. The van der Waals surface area contributed by atoms with Crippen LogP contribution in [0.3, 0.4) is 0 Å². The van der Waals surface area contributed by atoms with E-state index in [1.807, 2.05) is 0 Å². The molecule has 3 aromatic rings.